The van der Waals surface area contributed by atoms with Gasteiger partial charge in [-0.1, -0.05) is 27.2 Å². The molecule has 1 aromatic rings. The number of nitrogens with zero attached hydrogens (tertiary/aromatic N) is 2. The normalized spacial score (nSPS) is 12.5. The van der Waals surface area contributed by atoms with Gasteiger partial charge in [0.1, 0.15) is 16.7 Å². The van der Waals surface area contributed by atoms with Crippen LogP contribution >= 0.6 is 11.8 Å². The summed E-state index contributed by atoms with van der Waals surface area (Å²) in [5.74, 6) is 3.74. The van der Waals surface area contributed by atoms with Gasteiger partial charge in [0.25, 0.3) is 0 Å². The lowest BCUT2D eigenvalue weighted by Gasteiger charge is -2.09. The van der Waals surface area contributed by atoms with E-state index in [0.717, 1.165) is 41.2 Å². The first-order valence-electron chi connectivity index (χ1n) is 6.38. The van der Waals surface area contributed by atoms with Crippen LogP contribution in [0.15, 0.2) is 11.1 Å². The first-order chi connectivity index (χ1) is 8.19. The van der Waals surface area contributed by atoms with E-state index in [-0.39, 0.29) is 0 Å². The Morgan fingerprint density at radius 2 is 2.12 bits per heavy atom. The van der Waals surface area contributed by atoms with Crippen LogP contribution < -0.4 is 5.32 Å². The predicted molar refractivity (Wildman–Crippen MR) is 75.8 cm³/mol. The van der Waals surface area contributed by atoms with Crippen molar-refractivity contribution in [3.05, 3.63) is 11.9 Å². The lowest BCUT2D eigenvalue weighted by molar-refractivity contribution is 0.636. The van der Waals surface area contributed by atoms with E-state index in [1.807, 2.05) is 24.9 Å². The number of hydrogen-bond acceptors (Lipinski definition) is 4. The molecule has 0 radical (unpaired) electrons. The average molecular weight is 253 g/mol. The smallest absolute Gasteiger partial charge is 0.132 e. The summed E-state index contributed by atoms with van der Waals surface area (Å²) >= 11 is 1.83. The molecule has 0 aromatic carbocycles. The summed E-state index contributed by atoms with van der Waals surface area (Å²) in [4.78, 5) is 9.04. The fourth-order valence-corrected chi connectivity index (χ4v) is 2.41. The maximum Gasteiger partial charge on any atom is 0.132 e. The molecule has 3 nitrogen and oxygen atoms in total. The first kappa shape index (κ1) is 14.3. The van der Waals surface area contributed by atoms with Crippen LogP contribution in [0, 0.1) is 5.92 Å². The Balaban J connectivity index is 2.72. The minimum atomic E-state index is 0.739. The van der Waals surface area contributed by atoms with Crippen molar-refractivity contribution < 1.29 is 0 Å². The second-order valence-electron chi connectivity index (χ2n) is 4.33. The van der Waals surface area contributed by atoms with E-state index >= 15 is 0 Å². The van der Waals surface area contributed by atoms with Gasteiger partial charge in [0.05, 0.1) is 0 Å². The number of aryl methyl sites for hydroxylation is 1. The molecule has 4 heteroatoms. The lowest BCUT2D eigenvalue weighted by Crippen LogP contribution is -2.02. The minimum absolute atomic E-state index is 0.739. The van der Waals surface area contributed by atoms with Crippen LogP contribution in [-0.2, 0) is 6.42 Å². The number of aromatic nitrogens is 2. The summed E-state index contributed by atoms with van der Waals surface area (Å²) in [5.41, 5.74) is 0. The number of rotatable bonds is 7. The summed E-state index contributed by atoms with van der Waals surface area (Å²) in [6.07, 6.45) is 3.26. The molecule has 0 aliphatic heterocycles. The van der Waals surface area contributed by atoms with Crippen molar-refractivity contribution in [2.24, 2.45) is 5.92 Å². The Morgan fingerprint density at radius 1 is 1.35 bits per heavy atom. The molecule has 0 aliphatic carbocycles. The van der Waals surface area contributed by atoms with Crippen LogP contribution in [-0.4, -0.2) is 22.8 Å². The van der Waals surface area contributed by atoms with Crippen LogP contribution in [0.2, 0.25) is 0 Å². The fraction of sp³-hybridized carbons (Fsp3) is 0.692. The van der Waals surface area contributed by atoms with Gasteiger partial charge in [0.2, 0.25) is 0 Å². The zero-order valence-corrected chi connectivity index (χ0v) is 12.1. The van der Waals surface area contributed by atoms with Gasteiger partial charge < -0.3 is 5.32 Å². The molecule has 1 atom stereocenters. The van der Waals surface area contributed by atoms with Crippen molar-refractivity contribution in [3.63, 3.8) is 0 Å². The lowest BCUT2D eigenvalue weighted by atomic mass is 10.2. The molecule has 17 heavy (non-hydrogen) atoms. The second kappa shape index (κ2) is 7.54. The van der Waals surface area contributed by atoms with Crippen molar-refractivity contribution in [1.82, 2.24) is 9.97 Å². The zero-order valence-electron chi connectivity index (χ0n) is 11.3. The Labute approximate surface area is 109 Å². The highest BCUT2D eigenvalue weighted by Crippen LogP contribution is 2.22. The maximum atomic E-state index is 4.59. The van der Waals surface area contributed by atoms with E-state index in [0.29, 0.717) is 0 Å². The number of nitrogens with one attached hydrogen (secondary N) is 1. The standard InChI is InChI=1S/C13H23N3S/c1-5-7-11-15-12(14-4)8-13(16-11)17-9-10(3)6-2/h8,10H,5-7,9H2,1-4H3,(H,14,15,16). The van der Waals surface area contributed by atoms with E-state index in [1.165, 1.54) is 6.42 Å². The van der Waals surface area contributed by atoms with E-state index in [4.69, 9.17) is 0 Å². The van der Waals surface area contributed by atoms with Crippen LogP contribution in [0.4, 0.5) is 5.82 Å². The molecule has 0 bridgehead atoms. The average Bonchev–Trinajstić information content (AvgIpc) is 2.36. The topological polar surface area (TPSA) is 37.8 Å². The largest absolute Gasteiger partial charge is 0.373 e. The highest BCUT2D eigenvalue weighted by atomic mass is 32.2. The fourth-order valence-electron chi connectivity index (χ4n) is 1.36. The molecule has 1 heterocycles. The van der Waals surface area contributed by atoms with Crippen LogP contribution in [0.5, 0.6) is 0 Å². The van der Waals surface area contributed by atoms with Crippen molar-refractivity contribution in [1.29, 1.82) is 0 Å². The quantitative estimate of drug-likeness (QED) is 0.595. The van der Waals surface area contributed by atoms with E-state index in [9.17, 15) is 0 Å². The Morgan fingerprint density at radius 3 is 2.71 bits per heavy atom. The maximum absolute atomic E-state index is 4.59. The van der Waals surface area contributed by atoms with Crippen molar-refractivity contribution in [3.8, 4) is 0 Å². The van der Waals surface area contributed by atoms with Gasteiger partial charge >= 0.3 is 0 Å². The summed E-state index contributed by atoms with van der Waals surface area (Å²) in [6, 6.07) is 2.03. The number of hydrogen-bond donors (Lipinski definition) is 1. The molecule has 96 valence electrons. The first-order valence-corrected chi connectivity index (χ1v) is 7.36. The SMILES string of the molecule is CCCc1nc(NC)cc(SCC(C)CC)n1. The van der Waals surface area contributed by atoms with Crippen molar-refractivity contribution in [2.75, 3.05) is 18.1 Å². The predicted octanol–water partition coefficient (Wildman–Crippen LogP) is 3.61. The molecular formula is C13H23N3S. The highest BCUT2D eigenvalue weighted by Gasteiger charge is 2.06. The van der Waals surface area contributed by atoms with E-state index < -0.39 is 0 Å². The molecular weight excluding hydrogens is 230 g/mol. The van der Waals surface area contributed by atoms with Crippen molar-refractivity contribution >= 4 is 17.6 Å². The van der Waals surface area contributed by atoms with Crippen molar-refractivity contribution in [2.45, 2.75) is 45.1 Å². The van der Waals surface area contributed by atoms with Gasteiger partial charge in [-0.05, 0) is 12.3 Å². The summed E-state index contributed by atoms with van der Waals surface area (Å²) in [6.45, 7) is 6.66. The molecule has 0 amide bonds. The molecule has 0 fully saturated rings. The molecule has 1 unspecified atom stereocenters. The van der Waals surface area contributed by atoms with E-state index in [1.54, 1.807) is 0 Å². The zero-order chi connectivity index (χ0) is 12.7. The molecule has 1 aromatic heterocycles. The third-order valence-corrected chi connectivity index (χ3v) is 3.93. The number of anilines is 1. The molecule has 0 aliphatic rings. The summed E-state index contributed by atoms with van der Waals surface area (Å²) in [7, 11) is 1.90. The van der Waals surface area contributed by atoms with E-state index in [2.05, 4.69) is 36.1 Å². The minimum Gasteiger partial charge on any atom is -0.373 e. The molecule has 0 spiro atoms. The summed E-state index contributed by atoms with van der Waals surface area (Å²) in [5, 5.41) is 4.19. The van der Waals surface area contributed by atoms with Gasteiger partial charge in [0, 0.05) is 25.3 Å². The molecule has 1 rings (SSSR count). The monoisotopic (exact) mass is 253 g/mol. The van der Waals surface area contributed by atoms with Gasteiger partial charge in [0.15, 0.2) is 0 Å². The molecule has 0 saturated carbocycles. The molecule has 0 saturated heterocycles. The second-order valence-corrected chi connectivity index (χ2v) is 5.37. The van der Waals surface area contributed by atoms with Crippen LogP contribution in [0.3, 0.4) is 0 Å². The summed E-state index contributed by atoms with van der Waals surface area (Å²) < 4.78 is 0. The van der Waals surface area contributed by atoms with Gasteiger partial charge in [-0.25, -0.2) is 9.97 Å². The third kappa shape index (κ3) is 4.94. The number of thioether (sulfide) groups is 1. The highest BCUT2D eigenvalue weighted by molar-refractivity contribution is 7.99. The van der Waals surface area contributed by atoms with Crippen LogP contribution in [0.25, 0.3) is 0 Å². The van der Waals surface area contributed by atoms with Gasteiger partial charge in [-0.3, -0.25) is 0 Å². The Kier molecular flexibility index (Phi) is 6.34. The van der Waals surface area contributed by atoms with Crippen LogP contribution in [0.1, 0.15) is 39.4 Å². The molecule has 1 N–H and O–H groups in total. The van der Waals surface area contributed by atoms with Gasteiger partial charge in [-0.2, -0.15) is 0 Å². The Bertz CT molecular complexity index is 341. The Hall–Kier alpha value is -0.770. The third-order valence-electron chi connectivity index (χ3n) is 2.69. The van der Waals surface area contributed by atoms with Gasteiger partial charge in [-0.15, -0.1) is 11.8 Å².